The molecule has 0 spiro atoms. The Labute approximate surface area is 74.2 Å². The summed E-state index contributed by atoms with van der Waals surface area (Å²) in [6.07, 6.45) is 8.29. The molecule has 1 aliphatic heterocycles. The minimum absolute atomic E-state index is 0.148. The van der Waals surface area contributed by atoms with E-state index >= 15 is 0 Å². The third kappa shape index (κ3) is 1.50. The molecule has 2 rings (SSSR count). The van der Waals surface area contributed by atoms with Crippen LogP contribution in [0.4, 0.5) is 0 Å². The summed E-state index contributed by atoms with van der Waals surface area (Å²) >= 11 is 0. The van der Waals surface area contributed by atoms with E-state index in [0.29, 0.717) is 0 Å². The molecule has 65 valence electrons. The number of hydrogen-bond donors (Lipinski definition) is 0. The van der Waals surface area contributed by atoms with Gasteiger partial charge in [0.15, 0.2) is 6.29 Å². The Bertz CT molecular complexity index is 142. The van der Waals surface area contributed by atoms with Crippen molar-refractivity contribution in [1.82, 2.24) is 0 Å². The molecule has 2 aliphatic rings. The van der Waals surface area contributed by atoms with E-state index in [2.05, 4.69) is 0 Å². The van der Waals surface area contributed by atoms with Gasteiger partial charge in [-0.2, -0.15) is 0 Å². The van der Waals surface area contributed by atoms with Gasteiger partial charge in [0.2, 0.25) is 0 Å². The monoisotopic (exact) mass is 165 g/mol. The van der Waals surface area contributed by atoms with Crippen molar-refractivity contribution in [3.8, 4) is 0 Å². The molecule has 5 radical (unpaired) electrons. The second kappa shape index (κ2) is 3.35. The van der Waals surface area contributed by atoms with Crippen molar-refractivity contribution in [2.24, 2.45) is 0 Å². The lowest BCUT2D eigenvalue weighted by Gasteiger charge is -2.15. The summed E-state index contributed by atoms with van der Waals surface area (Å²) in [6.45, 7) is 4.07. The van der Waals surface area contributed by atoms with E-state index < -0.39 is 0 Å². The lowest BCUT2D eigenvalue weighted by molar-refractivity contribution is -0.0441. The molecule has 1 heterocycles. The molecule has 12 heavy (non-hydrogen) atoms. The molecule has 0 aromatic heterocycles. The van der Waals surface area contributed by atoms with Crippen molar-refractivity contribution in [1.29, 1.82) is 0 Å². The fourth-order valence-electron chi connectivity index (χ4n) is 1.35. The maximum absolute atomic E-state index is 5.60. The van der Waals surface area contributed by atoms with Gasteiger partial charge in [0, 0.05) is 5.92 Å². The zero-order valence-corrected chi connectivity index (χ0v) is 7.36. The third-order valence-electron chi connectivity index (χ3n) is 2.30. The minimum Gasteiger partial charge on any atom is -0.346 e. The molecule has 0 aromatic rings. The molecule has 2 nitrogen and oxygen atoms in total. The second-order valence-corrected chi connectivity index (χ2v) is 3.23. The smallest absolute Gasteiger partial charge is 0.165 e. The predicted molar refractivity (Wildman–Crippen MR) is 45.3 cm³/mol. The topological polar surface area (TPSA) is 18.5 Å². The van der Waals surface area contributed by atoms with E-state index in [4.69, 9.17) is 9.47 Å². The van der Waals surface area contributed by atoms with E-state index in [9.17, 15) is 0 Å². The Morgan fingerprint density at radius 1 is 1.00 bits per heavy atom. The molecular weight excluding hydrogens is 152 g/mol. The Balaban J connectivity index is 1.89. The average molecular weight is 165 g/mol. The zero-order valence-electron chi connectivity index (χ0n) is 7.36. The molecule has 1 aliphatic carbocycles. The van der Waals surface area contributed by atoms with Crippen molar-refractivity contribution >= 4 is 0 Å². The molecule has 2 unspecified atom stereocenters. The molecular formula is C10H13O2. The van der Waals surface area contributed by atoms with Crippen LogP contribution in [-0.2, 0) is 9.47 Å². The first kappa shape index (κ1) is 8.52. The van der Waals surface area contributed by atoms with Crippen LogP contribution in [0.15, 0.2) is 0 Å². The lowest BCUT2D eigenvalue weighted by Crippen LogP contribution is -2.18. The van der Waals surface area contributed by atoms with Crippen LogP contribution in [0.1, 0.15) is 13.8 Å². The van der Waals surface area contributed by atoms with E-state index in [-0.39, 0.29) is 18.5 Å². The fourth-order valence-corrected chi connectivity index (χ4v) is 1.35. The molecule has 1 saturated carbocycles. The van der Waals surface area contributed by atoms with Crippen molar-refractivity contribution < 1.29 is 9.47 Å². The summed E-state index contributed by atoms with van der Waals surface area (Å²) in [7, 11) is 0. The Kier molecular flexibility index (Phi) is 2.37. The van der Waals surface area contributed by atoms with Crippen molar-refractivity contribution in [2.45, 2.75) is 32.3 Å². The standard InChI is InChI=1S/C10H13O2/c1-7-8(2)12-10(11-7)9-5-3-4-6-9/h3-8,10H,1-2H3. The van der Waals surface area contributed by atoms with Gasteiger partial charge in [-0.15, -0.1) is 0 Å². The lowest BCUT2D eigenvalue weighted by atomic mass is 10.1. The first-order chi connectivity index (χ1) is 5.77. The Hall–Kier alpha value is -0.0800. The first-order valence-electron chi connectivity index (χ1n) is 4.30. The molecule has 0 N–H and O–H groups in total. The van der Waals surface area contributed by atoms with Gasteiger partial charge in [0.25, 0.3) is 0 Å². The fraction of sp³-hybridized carbons (Fsp3) is 0.500. The zero-order chi connectivity index (χ0) is 8.55. The van der Waals surface area contributed by atoms with E-state index in [1.807, 2.05) is 39.5 Å². The first-order valence-corrected chi connectivity index (χ1v) is 4.30. The highest BCUT2D eigenvalue weighted by Gasteiger charge is 2.37. The Morgan fingerprint density at radius 3 is 2.00 bits per heavy atom. The van der Waals surface area contributed by atoms with E-state index in [1.165, 1.54) is 0 Å². The van der Waals surface area contributed by atoms with Crippen molar-refractivity contribution in [2.75, 3.05) is 0 Å². The van der Waals surface area contributed by atoms with E-state index in [0.717, 1.165) is 5.92 Å². The largest absolute Gasteiger partial charge is 0.346 e. The molecule has 0 bridgehead atoms. The van der Waals surface area contributed by atoms with Crippen LogP contribution in [0.5, 0.6) is 0 Å². The van der Waals surface area contributed by atoms with Gasteiger partial charge in [-0.1, -0.05) is 0 Å². The quantitative estimate of drug-likeness (QED) is 0.586. The van der Waals surface area contributed by atoms with Crippen LogP contribution in [0, 0.1) is 31.6 Å². The van der Waals surface area contributed by atoms with Gasteiger partial charge < -0.3 is 9.47 Å². The average Bonchev–Trinajstić information content (AvgIpc) is 2.61. The molecule has 2 heteroatoms. The summed E-state index contributed by atoms with van der Waals surface area (Å²) < 4.78 is 11.2. The van der Waals surface area contributed by atoms with Crippen LogP contribution >= 0.6 is 0 Å². The molecule has 1 saturated heterocycles. The highest BCUT2D eigenvalue weighted by molar-refractivity contribution is 5.37. The van der Waals surface area contributed by atoms with Crippen LogP contribution in [-0.4, -0.2) is 18.5 Å². The van der Waals surface area contributed by atoms with Crippen LogP contribution in [0.3, 0.4) is 0 Å². The maximum Gasteiger partial charge on any atom is 0.165 e. The van der Waals surface area contributed by atoms with Crippen molar-refractivity contribution in [3.63, 3.8) is 0 Å². The van der Waals surface area contributed by atoms with Crippen LogP contribution in [0.2, 0.25) is 0 Å². The van der Waals surface area contributed by atoms with Gasteiger partial charge >= 0.3 is 0 Å². The van der Waals surface area contributed by atoms with Gasteiger partial charge in [-0.3, -0.25) is 0 Å². The molecule has 0 aromatic carbocycles. The summed E-state index contributed by atoms with van der Waals surface area (Å²) in [5.41, 5.74) is 0. The summed E-state index contributed by atoms with van der Waals surface area (Å²) in [6, 6.07) is 0. The van der Waals surface area contributed by atoms with E-state index in [1.54, 1.807) is 0 Å². The number of ether oxygens (including phenoxy) is 2. The van der Waals surface area contributed by atoms with Gasteiger partial charge in [-0.05, 0) is 39.5 Å². The van der Waals surface area contributed by atoms with Gasteiger partial charge in [0.1, 0.15) is 0 Å². The highest BCUT2D eigenvalue weighted by atomic mass is 16.7. The molecule has 0 amide bonds. The second-order valence-electron chi connectivity index (χ2n) is 3.23. The van der Waals surface area contributed by atoms with Gasteiger partial charge in [-0.25, -0.2) is 0 Å². The van der Waals surface area contributed by atoms with Crippen molar-refractivity contribution in [3.05, 3.63) is 31.6 Å². The third-order valence-corrected chi connectivity index (χ3v) is 2.30. The summed E-state index contributed by atoms with van der Waals surface area (Å²) in [5, 5.41) is 0. The Morgan fingerprint density at radius 2 is 1.50 bits per heavy atom. The number of rotatable bonds is 1. The van der Waals surface area contributed by atoms with Crippen LogP contribution in [0.25, 0.3) is 0 Å². The normalized spacial score (nSPS) is 44.0. The molecule has 2 fully saturated rings. The molecule has 2 atom stereocenters. The SMILES string of the molecule is CC1OC([C]2[CH][CH][CH][CH]2)OC1C. The summed E-state index contributed by atoms with van der Waals surface area (Å²) in [4.78, 5) is 0. The highest BCUT2D eigenvalue weighted by Crippen LogP contribution is 2.33. The predicted octanol–water partition coefficient (Wildman–Crippen LogP) is 1.54. The van der Waals surface area contributed by atoms with Crippen LogP contribution < -0.4 is 0 Å². The minimum atomic E-state index is -0.148. The summed E-state index contributed by atoms with van der Waals surface area (Å²) in [5.74, 6) is 1.12. The van der Waals surface area contributed by atoms with Gasteiger partial charge in [0.05, 0.1) is 12.2 Å². The maximum atomic E-state index is 5.60. The number of hydrogen-bond acceptors (Lipinski definition) is 2.